The van der Waals surface area contributed by atoms with E-state index in [4.69, 9.17) is 14.2 Å². The monoisotopic (exact) mass is 1150 g/mol. The van der Waals surface area contributed by atoms with Crippen LogP contribution in [0.3, 0.4) is 0 Å². The molecule has 0 aliphatic carbocycles. The van der Waals surface area contributed by atoms with Gasteiger partial charge in [-0.25, -0.2) is 0 Å². The number of hydrogen-bond acceptors (Lipinski definition) is 10. The maximum atomic E-state index is 13.5. The van der Waals surface area contributed by atoms with Crippen LogP contribution in [0.25, 0.3) is 0 Å². The summed E-state index contributed by atoms with van der Waals surface area (Å²) >= 11 is 0. The summed E-state index contributed by atoms with van der Waals surface area (Å²) in [6, 6.07) is -1.04. The van der Waals surface area contributed by atoms with Crippen LogP contribution in [0.1, 0.15) is 265 Å². The number of allylic oxidation sites excluding steroid dienone is 17. The Morgan fingerprint density at radius 3 is 1.41 bits per heavy atom. The number of carbonyl (C=O) groups is 2. The maximum Gasteiger partial charge on any atom is 0.306 e. The van der Waals surface area contributed by atoms with Crippen LogP contribution in [-0.2, 0) is 23.8 Å². The number of aliphatic hydroxyl groups is 5. The summed E-state index contributed by atoms with van der Waals surface area (Å²) in [4.78, 5) is 26.6. The first-order valence-electron chi connectivity index (χ1n) is 33.2. The molecule has 8 atom stereocenters. The SMILES string of the molecule is CC/C=C\C/C=C\C/C=C\C/C=C\C/C=C\C/C=C\CCCCCCCCCC(O)C(=O)NC(COC1OC(CO)C(O)C(O)C1OC(=O)CCCCCCCC/C=C/C=C/CCCCC)C(O)/C=C/CCCCCCCCCCCC. The highest BCUT2D eigenvalue weighted by Crippen LogP contribution is 2.26. The summed E-state index contributed by atoms with van der Waals surface area (Å²) in [6.45, 7) is 5.63. The second kappa shape index (κ2) is 57.7. The smallest absolute Gasteiger partial charge is 0.306 e. The second-order valence-corrected chi connectivity index (χ2v) is 22.5. The Kier molecular flexibility index (Phi) is 53.7. The summed E-state index contributed by atoms with van der Waals surface area (Å²) in [7, 11) is 0. The summed E-state index contributed by atoms with van der Waals surface area (Å²) in [5, 5.41) is 57.1. The van der Waals surface area contributed by atoms with Crippen molar-refractivity contribution in [1.82, 2.24) is 5.32 Å². The molecular weight excluding hydrogens is 1030 g/mol. The molecule has 11 nitrogen and oxygen atoms in total. The number of esters is 1. The zero-order chi connectivity index (χ0) is 59.6. The number of hydrogen-bond donors (Lipinski definition) is 6. The van der Waals surface area contributed by atoms with E-state index in [1.165, 1.54) is 77.0 Å². The Balaban J connectivity index is 2.63. The number of carbonyl (C=O) groups excluding carboxylic acids is 2. The van der Waals surface area contributed by atoms with Gasteiger partial charge < -0.3 is 45.1 Å². The van der Waals surface area contributed by atoms with Gasteiger partial charge in [0.15, 0.2) is 12.4 Å². The minimum Gasteiger partial charge on any atom is -0.454 e. The molecule has 8 unspecified atom stereocenters. The molecule has 0 aromatic carbocycles. The highest BCUT2D eigenvalue weighted by Gasteiger charge is 2.47. The predicted octanol–water partition coefficient (Wildman–Crippen LogP) is 16.4. The zero-order valence-corrected chi connectivity index (χ0v) is 52.1. The van der Waals surface area contributed by atoms with Crippen molar-refractivity contribution in [3.05, 3.63) is 109 Å². The van der Waals surface area contributed by atoms with Gasteiger partial charge in [0.1, 0.15) is 24.4 Å². The van der Waals surface area contributed by atoms with Gasteiger partial charge >= 0.3 is 5.97 Å². The van der Waals surface area contributed by atoms with E-state index in [9.17, 15) is 35.1 Å². The van der Waals surface area contributed by atoms with Crippen LogP contribution in [0.4, 0.5) is 0 Å². The number of unbranched alkanes of at least 4 members (excludes halogenated alkanes) is 26. The normalized spacial score (nSPS) is 19.3. The highest BCUT2D eigenvalue weighted by molar-refractivity contribution is 5.80. The Labute approximate surface area is 500 Å². The lowest BCUT2D eigenvalue weighted by Gasteiger charge is -2.41. The standard InChI is InChI=1S/C71H121NO10/c1-4-7-10-13-16-19-22-25-27-28-29-30-31-32-33-34-35-36-37-39-40-43-46-49-52-55-58-64(75)70(79)72-62(63(74)57-54-51-48-45-42-24-21-18-15-12-9-6-3)61-80-71-69(68(78)67(77)65(60-73)81-71)82-66(76)59-56-53-50-47-44-41-38-26-23-20-17-14-11-8-5-2/h7,10,16-17,19-20,23,25-27,29-30,32-33,35-36,54,57,62-65,67-69,71,73-75,77-78H,4-6,8-9,11-15,18,21-22,24,28,31,34,37-53,55-56,58-61H2,1-3H3,(H,72,79)/b10-7-,19-16-,20-17+,26-23+,27-25-,30-29-,33-32-,36-35-,57-54+. The molecule has 470 valence electrons. The lowest BCUT2D eigenvalue weighted by molar-refractivity contribution is -0.305. The van der Waals surface area contributed by atoms with Gasteiger partial charge in [-0.05, 0) is 103 Å². The Bertz CT molecular complexity index is 1750. The van der Waals surface area contributed by atoms with E-state index in [1.54, 1.807) is 6.08 Å². The topological polar surface area (TPSA) is 175 Å². The number of aliphatic hydroxyl groups excluding tert-OH is 5. The fourth-order valence-corrected chi connectivity index (χ4v) is 9.70. The van der Waals surface area contributed by atoms with Crippen molar-refractivity contribution in [2.45, 2.75) is 314 Å². The van der Waals surface area contributed by atoms with Gasteiger partial charge in [0, 0.05) is 6.42 Å². The molecule has 1 rings (SSSR count). The number of rotatable bonds is 55. The number of amides is 1. The highest BCUT2D eigenvalue weighted by atomic mass is 16.7. The van der Waals surface area contributed by atoms with Crippen molar-refractivity contribution in [3.63, 3.8) is 0 Å². The van der Waals surface area contributed by atoms with Gasteiger partial charge in [0.2, 0.25) is 5.91 Å². The summed E-state index contributed by atoms with van der Waals surface area (Å²) in [5.74, 6) is -1.22. The van der Waals surface area contributed by atoms with Crippen molar-refractivity contribution in [2.24, 2.45) is 0 Å². The molecule has 1 saturated heterocycles. The average molecular weight is 1150 g/mol. The van der Waals surface area contributed by atoms with Crippen molar-refractivity contribution >= 4 is 11.9 Å². The van der Waals surface area contributed by atoms with Gasteiger partial charge in [-0.3, -0.25) is 9.59 Å². The lowest BCUT2D eigenvalue weighted by Crippen LogP contribution is -2.61. The van der Waals surface area contributed by atoms with Crippen molar-refractivity contribution < 1.29 is 49.3 Å². The molecular formula is C71H121NO10. The number of nitrogens with one attached hydrogen (secondary N) is 1. The van der Waals surface area contributed by atoms with E-state index in [1.807, 2.05) is 6.08 Å². The van der Waals surface area contributed by atoms with Gasteiger partial charge in [-0.15, -0.1) is 0 Å². The third kappa shape index (κ3) is 44.8. The molecule has 1 aliphatic heterocycles. The predicted molar refractivity (Wildman–Crippen MR) is 342 cm³/mol. The van der Waals surface area contributed by atoms with E-state index < -0.39 is 67.4 Å². The van der Waals surface area contributed by atoms with Gasteiger partial charge in [0.25, 0.3) is 0 Å². The van der Waals surface area contributed by atoms with Crippen molar-refractivity contribution in [2.75, 3.05) is 13.2 Å². The van der Waals surface area contributed by atoms with E-state index in [0.717, 1.165) is 141 Å². The molecule has 0 saturated carbocycles. The third-order valence-electron chi connectivity index (χ3n) is 14.9. The van der Waals surface area contributed by atoms with Crippen LogP contribution < -0.4 is 5.32 Å². The molecule has 11 heteroatoms. The van der Waals surface area contributed by atoms with E-state index in [-0.39, 0.29) is 19.4 Å². The molecule has 1 fully saturated rings. The first kappa shape index (κ1) is 76.3. The van der Waals surface area contributed by atoms with Crippen LogP contribution in [-0.4, -0.2) is 99.6 Å². The molecule has 1 amide bonds. The fourth-order valence-electron chi connectivity index (χ4n) is 9.70. The first-order valence-corrected chi connectivity index (χ1v) is 33.2. The average Bonchev–Trinajstić information content (AvgIpc) is 3.68. The van der Waals surface area contributed by atoms with Gasteiger partial charge in [-0.1, -0.05) is 265 Å². The van der Waals surface area contributed by atoms with Gasteiger partial charge in [0.05, 0.1) is 25.4 Å². The van der Waals surface area contributed by atoms with E-state index in [0.29, 0.717) is 12.8 Å². The number of ether oxygens (including phenoxy) is 3. The van der Waals surface area contributed by atoms with Crippen LogP contribution in [0.2, 0.25) is 0 Å². The molecule has 0 spiro atoms. The fraction of sp³-hybridized carbons (Fsp3) is 0.718. The van der Waals surface area contributed by atoms with Crippen molar-refractivity contribution in [3.8, 4) is 0 Å². The Hall–Kier alpha value is -3.68. The van der Waals surface area contributed by atoms with Crippen LogP contribution in [0, 0.1) is 0 Å². The van der Waals surface area contributed by atoms with Crippen LogP contribution in [0.5, 0.6) is 0 Å². The van der Waals surface area contributed by atoms with Gasteiger partial charge in [-0.2, -0.15) is 0 Å². The lowest BCUT2D eigenvalue weighted by atomic mass is 9.99. The summed E-state index contributed by atoms with van der Waals surface area (Å²) in [6.07, 6.45) is 68.3. The Morgan fingerprint density at radius 2 is 0.915 bits per heavy atom. The molecule has 0 radical (unpaired) electrons. The molecule has 0 aromatic heterocycles. The molecule has 1 heterocycles. The zero-order valence-electron chi connectivity index (χ0n) is 52.1. The molecule has 0 bridgehead atoms. The third-order valence-corrected chi connectivity index (χ3v) is 14.9. The quantitative estimate of drug-likeness (QED) is 0.0149. The largest absolute Gasteiger partial charge is 0.454 e. The van der Waals surface area contributed by atoms with E-state index in [2.05, 4.69) is 123 Å². The maximum absolute atomic E-state index is 13.5. The molecule has 6 N–H and O–H groups in total. The summed E-state index contributed by atoms with van der Waals surface area (Å²) in [5.41, 5.74) is 0. The molecule has 0 aromatic rings. The van der Waals surface area contributed by atoms with Crippen molar-refractivity contribution in [1.29, 1.82) is 0 Å². The molecule has 1 aliphatic rings. The minimum absolute atomic E-state index is 0.105. The van der Waals surface area contributed by atoms with E-state index >= 15 is 0 Å². The minimum atomic E-state index is -1.63. The second-order valence-electron chi connectivity index (χ2n) is 22.5. The Morgan fingerprint density at radius 1 is 0.500 bits per heavy atom. The first-order chi connectivity index (χ1) is 40.2. The summed E-state index contributed by atoms with van der Waals surface area (Å²) < 4.78 is 17.6. The molecule has 82 heavy (non-hydrogen) atoms. The van der Waals surface area contributed by atoms with Crippen LogP contribution in [0.15, 0.2) is 109 Å². The van der Waals surface area contributed by atoms with Crippen LogP contribution >= 0.6 is 0 Å².